The van der Waals surface area contributed by atoms with Gasteiger partial charge in [-0.25, -0.2) is 9.97 Å². The first-order chi connectivity index (χ1) is 9.72. The summed E-state index contributed by atoms with van der Waals surface area (Å²) < 4.78 is 0. The quantitative estimate of drug-likeness (QED) is 0.850. The van der Waals surface area contributed by atoms with Crippen molar-refractivity contribution >= 4 is 17.4 Å². The van der Waals surface area contributed by atoms with Gasteiger partial charge in [-0.1, -0.05) is 23.7 Å². The molecule has 0 amide bonds. The van der Waals surface area contributed by atoms with Crippen molar-refractivity contribution in [2.24, 2.45) is 0 Å². The molecule has 4 nitrogen and oxygen atoms in total. The number of anilines is 1. The van der Waals surface area contributed by atoms with Crippen LogP contribution in [0.5, 0.6) is 0 Å². The molecule has 1 aliphatic heterocycles. The van der Waals surface area contributed by atoms with E-state index in [4.69, 9.17) is 11.6 Å². The Balaban J connectivity index is 1.84. The Morgan fingerprint density at radius 2 is 1.70 bits per heavy atom. The Labute approximate surface area is 124 Å². The number of aromatic nitrogens is 2. The van der Waals surface area contributed by atoms with Crippen molar-refractivity contribution in [2.75, 3.05) is 38.1 Å². The standard InChI is InChI=1S/C15H17ClN4/c1-19-6-8-20(9-7-19)15-10-14(17-11-18-15)12-2-4-13(16)5-3-12/h2-5,10-11H,6-9H2,1H3. The Kier molecular flexibility index (Phi) is 3.85. The maximum atomic E-state index is 5.92. The largest absolute Gasteiger partial charge is 0.354 e. The minimum atomic E-state index is 0.738. The second-order valence-corrected chi connectivity index (χ2v) is 5.50. The fourth-order valence-corrected chi connectivity index (χ4v) is 2.46. The molecule has 1 aromatic heterocycles. The molecule has 0 atom stereocenters. The van der Waals surface area contributed by atoms with E-state index in [1.807, 2.05) is 24.3 Å². The summed E-state index contributed by atoms with van der Waals surface area (Å²) in [4.78, 5) is 13.4. The minimum absolute atomic E-state index is 0.738. The van der Waals surface area contributed by atoms with Gasteiger partial charge in [0.05, 0.1) is 5.69 Å². The summed E-state index contributed by atoms with van der Waals surface area (Å²) in [5, 5.41) is 0.738. The van der Waals surface area contributed by atoms with Crippen LogP contribution in [0.1, 0.15) is 0 Å². The Morgan fingerprint density at radius 3 is 2.40 bits per heavy atom. The normalized spacial score (nSPS) is 16.4. The fourth-order valence-electron chi connectivity index (χ4n) is 2.33. The van der Waals surface area contributed by atoms with Gasteiger partial charge in [-0.15, -0.1) is 0 Å². The van der Waals surface area contributed by atoms with Gasteiger partial charge >= 0.3 is 0 Å². The number of hydrogen-bond donors (Lipinski definition) is 0. The van der Waals surface area contributed by atoms with Crippen molar-refractivity contribution in [1.82, 2.24) is 14.9 Å². The molecule has 104 valence electrons. The lowest BCUT2D eigenvalue weighted by Crippen LogP contribution is -2.44. The molecule has 1 aromatic carbocycles. The zero-order chi connectivity index (χ0) is 13.9. The van der Waals surface area contributed by atoms with Gasteiger partial charge in [-0.2, -0.15) is 0 Å². The highest BCUT2D eigenvalue weighted by Crippen LogP contribution is 2.22. The summed E-state index contributed by atoms with van der Waals surface area (Å²) in [5.74, 6) is 0.998. The van der Waals surface area contributed by atoms with Crippen LogP contribution in [0.3, 0.4) is 0 Å². The summed E-state index contributed by atoms with van der Waals surface area (Å²) in [6, 6.07) is 9.79. The molecule has 0 radical (unpaired) electrons. The van der Waals surface area contributed by atoms with E-state index in [0.29, 0.717) is 0 Å². The molecule has 2 heterocycles. The first-order valence-electron chi connectivity index (χ1n) is 6.74. The van der Waals surface area contributed by atoms with Crippen LogP contribution in [0.2, 0.25) is 5.02 Å². The predicted molar refractivity (Wildman–Crippen MR) is 82.2 cm³/mol. The van der Waals surface area contributed by atoms with Gasteiger partial charge in [0.1, 0.15) is 12.1 Å². The van der Waals surface area contributed by atoms with E-state index in [-0.39, 0.29) is 0 Å². The fraction of sp³-hybridized carbons (Fsp3) is 0.333. The molecule has 0 spiro atoms. The number of halogens is 1. The van der Waals surface area contributed by atoms with E-state index in [0.717, 1.165) is 48.3 Å². The molecule has 5 heteroatoms. The van der Waals surface area contributed by atoms with Crippen LogP contribution < -0.4 is 4.90 Å². The van der Waals surface area contributed by atoms with Crippen LogP contribution >= 0.6 is 11.6 Å². The van der Waals surface area contributed by atoms with Crippen molar-refractivity contribution in [3.63, 3.8) is 0 Å². The van der Waals surface area contributed by atoms with Gasteiger partial charge in [0.2, 0.25) is 0 Å². The molecule has 0 unspecified atom stereocenters. The van der Waals surface area contributed by atoms with Crippen LogP contribution in [0, 0.1) is 0 Å². The van der Waals surface area contributed by atoms with Gasteiger partial charge in [0.25, 0.3) is 0 Å². The first-order valence-corrected chi connectivity index (χ1v) is 7.12. The summed E-state index contributed by atoms with van der Waals surface area (Å²) in [7, 11) is 2.15. The van der Waals surface area contributed by atoms with Gasteiger partial charge in [0, 0.05) is 42.8 Å². The highest BCUT2D eigenvalue weighted by Gasteiger charge is 2.15. The second kappa shape index (κ2) is 5.77. The monoisotopic (exact) mass is 288 g/mol. The van der Waals surface area contributed by atoms with Crippen molar-refractivity contribution in [3.05, 3.63) is 41.7 Å². The van der Waals surface area contributed by atoms with E-state index in [2.05, 4.69) is 32.9 Å². The lowest BCUT2D eigenvalue weighted by molar-refractivity contribution is 0.312. The summed E-state index contributed by atoms with van der Waals surface area (Å²) in [6.45, 7) is 4.15. The predicted octanol–water partition coefficient (Wildman–Crippen LogP) is 2.55. The molecule has 0 aliphatic carbocycles. The second-order valence-electron chi connectivity index (χ2n) is 5.06. The number of piperazine rings is 1. The maximum Gasteiger partial charge on any atom is 0.132 e. The number of rotatable bonds is 2. The molecule has 0 N–H and O–H groups in total. The zero-order valence-corrected chi connectivity index (χ0v) is 12.2. The van der Waals surface area contributed by atoms with Gasteiger partial charge in [-0.05, 0) is 19.2 Å². The van der Waals surface area contributed by atoms with Crippen LogP contribution in [-0.4, -0.2) is 48.1 Å². The molecule has 1 saturated heterocycles. The van der Waals surface area contributed by atoms with Crippen LogP contribution in [0.4, 0.5) is 5.82 Å². The summed E-state index contributed by atoms with van der Waals surface area (Å²) >= 11 is 5.92. The van der Waals surface area contributed by atoms with Crippen LogP contribution in [-0.2, 0) is 0 Å². The van der Waals surface area contributed by atoms with Crippen molar-refractivity contribution in [1.29, 1.82) is 0 Å². The van der Waals surface area contributed by atoms with E-state index in [9.17, 15) is 0 Å². The number of likely N-dealkylation sites (N-methyl/N-ethyl adjacent to an activating group) is 1. The average molecular weight is 289 g/mol. The van der Waals surface area contributed by atoms with E-state index in [1.54, 1.807) is 6.33 Å². The molecule has 2 aromatic rings. The van der Waals surface area contributed by atoms with Gasteiger partial charge in [-0.3, -0.25) is 0 Å². The molecule has 1 aliphatic rings. The molecular formula is C15H17ClN4. The summed E-state index contributed by atoms with van der Waals surface area (Å²) in [6.07, 6.45) is 1.64. The molecule has 3 rings (SSSR count). The van der Waals surface area contributed by atoms with Gasteiger partial charge in [0.15, 0.2) is 0 Å². The van der Waals surface area contributed by atoms with E-state index < -0.39 is 0 Å². The third-order valence-electron chi connectivity index (χ3n) is 3.62. The third kappa shape index (κ3) is 2.92. The molecule has 1 fully saturated rings. The number of benzene rings is 1. The summed E-state index contributed by atoms with van der Waals surface area (Å²) in [5.41, 5.74) is 2.00. The van der Waals surface area contributed by atoms with E-state index >= 15 is 0 Å². The highest BCUT2D eigenvalue weighted by molar-refractivity contribution is 6.30. The molecule has 0 bridgehead atoms. The van der Waals surface area contributed by atoms with E-state index in [1.165, 1.54) is 0 Å². The smallest absolute Gasteiger partial charge is 0.132 e. The highest BCUT2D eigenvalue weighted by atomic mass is 35.5. The zero-order valence-electron chi connectivity index (χ0n) is 11.5. The van der Waals surface area contributed by atoms with Crippen LogP contribution in [0.15, 0.2) is 36.7 Å². The SMILES string of the molecule is CN1CCN(c2cc(-c3ccc(Cl)cc3)ncn2)CC1. The lowest BCUT2D eigenvalue weighted by atomic mass is 10.1. The number of hydrogen-bond acceptors (Lipinski definition) is 4. The third-order valence-corrected chi connectivity index (χ3v) is 3.87. The lowest BCUT2D eigenvalue weighted by Gasteiger charge is -2.33. The minimum Gasteiger partial charge on any atom is -0.354 e. The van der Waals surface area contributed by atoms with Crippen molar-refractivity contribution in [3.8, 4) is 11.3 Å². The Bertz CT molecular complexity index is 577. The molecule has 20 heavy (non-hydrogen) atoms. The van der Waals surface area contributed by atoms with Gasteiger partial charge < -0.3 is 9.80 Å². The number of nitrogens with zero attached hydrogens (tertiary/aromatic N) is 4. The molecule has 0 saturated carbocycles. The Morgan fingerprint density at radius 1 is 1.00 bits per heavy atom. The average Bonchev–Trinajstić information content (AvgIpc) is 2.49. The van der Waals surface area contributed by atoms with Crippen molar-refractivity contribution < 1.29 is 0 Å². The maximum absolute atomic E-state index is 5.92. The topological polar surface area (TPSA) is 32.3 Å². The van der Waals surface area contributed by atoms with Crippen molar-refractivity contribution in [2.45, 2.75) is 0 Å². The van der Waals surface area contributed by atoms with Crippen LogP contribution in [0.25, 0.3) is 11.3 Å². The Hall–Kier alpha value is -1.65. The first kappa shape index (κ1) is 13.3. The molecular weight excluding hydrogens is 272 g/mol.